The standard InChI is InChI=1S/C24H29N3O5/c1-7-10-31-23(29)15(2)14-32-17-11-18(24(3,4)5)22(28)21(13-17)27-25-19-9-8-16(30-6)12-20(19)26-27/h8-9,11-14,28H,7,10H2,1-6H3. The van der Waals surface area contributed by atoms with Gasteiger partial charge in [-0.25, -0.2) is 4.79 Å². The fourth-order valence-electron chi connectivity index (χ4n) is 3.03. The van der Waals surface area contributed by atoms with Gasteiger partial charge in [-0.1, -0.05) is 27.7 Å². The maximum atomic E-state index is 12.0. The van der Waals surface area contributed by atoms with Gasteiger partial charge in [-0.3, -0.25) is 0 Å². The number of carbonyl (C=O) groups is 1. The number of esters is 1. The van der Waals surface area contributed by atoms with E-state index < -0.39 is 5.97 Å². The number of fused-ring (bicyclic) bond motifs is 1. The number of nitrogens with zero attached hydrogens (tertiary/aromatic N) is 3. The maximum Gasteiger partial charge on any atom is 0.336 e. The quantitative estimate of drug-likeness (QED) is 0.325. The van der Waals surface area contributed by atoms with E-state index in [-0.39, 0.29) is 11.2 Å². The molecule has 3 rings (SSSR count). The van der Waals surface area contributed by atoms with Crippen LogP contribution < -0.4 is 9.47 Å². The molecule has 0 radical (unpaired) electrons. The van der Waals surface area contributed by atoms with Crippen molar-refractivity contribution in [1.82, 2.24) is 15.0 Å². The fourth-order valence-corrected chi connectivity index (χ4v) is 3.03. The summed E-state index contributed by atoms with van der Waals surface area (Å²) in [6, 6.07) is 8.74. The van der Waals surface area contributed by atoms with Crippen LogP contribution in [0.5, 0.6) is 17.2 Å². The van der Waals surface area contributed by atoms with Crippen LogP contribution in [0.2, 0.25) is 0 Å². The zero-order valence-corrected chi connectivity index (χ0v) is 19.3. The van der Waals surface area contributed by atoms with Gasteiger partial charge in [0.15, 0.2) is 0 Å². The maximum absolute atomic E-state index is 12.0. The number of methoxy groups -OCH3 is 1. The lowest BCUT2D eigenvalue weighted by molar-refractivity contribution is -0.139. The number of rotatable bonds is 7. The Morgan fingerprint density at radius 2 is 1.84 bits per heavy atom. The molecule has 8 heteroatoms. The summed E-state index contributed by atoms with van der Waals surface area (Å²) in [4.78, 5) is 13.4. The largest absolute Gasteiger partial charge is 0.505 e. The van der Waals surface area contributed by atoms with E-state index >= 15 is 0 Å². The van der Waals surface area contributed by atoms with E-state index in [1.165, 1.54) is 11.1 Å². The van der Waals surface area contributed by atoms with Gasteiger partial charge < -0.3 is 19.3 Å². The van der Waals surface area contributed by atoms with Crippen LogP contribution in [-0.2, 0) is 14.9 Å². The molecule has 0 aliphatic rings. The monoisotopic (exact) mass is 439 g/mol. The van der Waals surface area contributed by atoms with E-state index in [4.69, 9.17) is 14.2 Å². The van der Waals surface area contributed by atoms with E-state index in [9.17, 15) is 9.90 Å². The van der Waals surface area contributed by atoms with Gasteiger partial charge in [0, 0.05) is 17.7 Å². The SMILES string of the molecule is CCCOC(=O)C(C)=COc1cc(-n2nc3ccc(OC)cc3n2)c(O)c(C(C)(C)C)c1. The van der Waals surface area contributed by atoms with Crippen LogP contribution in [-0.4, -0.2) is 39.8 Å². The summed E-state index contributed by atoms with van der Waals surface area (Å²) >= 11 is 0. The summed E-state index contributed by atoms with van der Waals surface area (Å²) in [6.07, 6.45) is 2.09. The molecule has 0 aliphatic heterocycles. The molecule has 170 valence electrons. The summed E-state index contributed by atoms with van der Waals surface area (Å²) < 4.78 is 16.1. The normalized spacial score (nSPS) is 12.1. The van der Waals surface area contributed by atoms with Crippen LogP contribution >= 0.6 is 0 Å². The Labute approximate surface area is 187 Å². The smallest absolute Gasteiger partial charge is 0.336 e. The Morgan fingerprint density at radius 1 is 1.12 bits per heavy atom. The molecule has 0 saturated carbocycles. The Hall–Kier alpha value is -3.55. The fraction of sp³-hybridized carbons (Fsp3) is 0.375. The minimum absolute atomic E-state index is 0.0557. The van der Waals surface area contributed by atoms with Crippen LogP contribution in [0, 0.1) is 0 Å². The van der Waals surface area contributed by atoms with Gasteiger partial charge in [0.25, 0.3) is 0 Å². The summed E-state index contributed by atoms with van der Waals surface area (Å²) in [5.74, 6) is 0.720. The molecule has 1 aromatic heterocycles. The van der Waals surface area contributed by atoms with E-state index in [0.717, 1.165) is 6.42 Å². The van der Waals surface area contributed by atoms with E-state index in [1.807, 2.05) is 27.7 Å². The Balaban J connectivity index is 2.04. The van der Waals surface area contributed by atoms with Crippen molar-refractivity contribution in [1.29, 1.82) is 0 Å². The Bertz CT molecular complexity index is 1160. The molecule has 2 aromatic carbocycles. The van der Waals surface area contributed by atoms with Crippen molar-refractivity contribution in [3.8, 4) is 22.9 Å². The minimum atomic E-state index is -0.434. The summed E-state index contributed by atoms with van der Waals surface area (Å²) in [5, 5.41) is 20.0. The average molecular weight is 440 g/mol. The van der Waals surface area contributed by atoms with E-state index in [0.29, 0.717) is 46.0 Å². The Kier molecular flexibility index (Phi) is 6.72. The van der Waals surface area contributed by atoms with E-state index in [2.05, 4.69) is 10.2 Å². The first-order valence-electron chi connectivity index (χ1n) is 10.4. The number of phenols is 1. The summed E-state index contributed by atoms with van der Waals surface area (Å²) in [6.45, 7) is 9.85. The van der Waals surface area contributed by atoms with Gasteiger partial charge in [0.1, 0.15) is 40.2 Å². The molecule has 0 spiro atoms. The molecule has 0 bridgehead atoms. The molecule has 1 heterocycles. The highest BCUT2D eigenvalue weighted by Crippen LogP contribution is 2.38. The second kappa shape index (κ2) is 9.30. The van der Waals surface area contributed by atoms with Crippen LogP contribution in [0.1, 0.15) is 46.6 Å². The zero-order valence-electron chi connectivity index (χ0n) is 19.3. The lowest BCUT2D eigenvalue weighted by Crippen LogP contribution is -2.13. The van der Waals surface area contributed by atoms with Crippen LogP contribution in [0.4, 0.5) is 0 Å². The molecule has 3 aromatic rings. The molecular weight excluding hydrogens is 410 g/mol. The number of carbonyl (C=O) groups excluding carboxylic acids is 1. The first kappa shape index (κ1) is 23.1. The molecule has 0 saturated heterocycles. The van der Waals surface area contributed by atoms with Crippen molar-refractivity contribution < 1.29 is 24.1 Å². The summed E-state index contributed by atoms with van der Waals surface area (Å²) in [7, 11) is 1.58. The predicted molar refractivity (Wildman–Crippen MR) is 121 cm³/mol. The van der Waals surface area contributed by atoms with Crippen LogP contribution in [0.3, 0.4) is 0 Å². The first-order chi connectivity index (χ1) is 15.1. The molecule has 0 aliphatic carbocycles. The third-order valence-corrected chi connectivity index (χ3v) is 4.81. The van der Waals surface area contributed by atoms with Gasteiger partial charge in [-0.2, -0.15) is 0 Å². The van der Waals surface area contributed by atoms with Crippen molar-refractivity contribution in [2.45, 2.75) is 46.5 Å². The minimum Gasteiger partial charge on any atom is -0.505 e. The number of hydrogen-bond acceptors (Lipinski definition) is 7. The van der Waals surface area contributed by atoms with Crippen LogP contribution in [0.15, 0.2) is 42.2 Å². The zero-order chi connectivity index (χ0) is 23.5. The number of ether oxygens (including phenoxy) is 3. The number of aromatic nitrogens is 3. The van der Waals surface area contributed by atoms with Crippen molar-refractivity contribution in [2.75, 3.05) is 13.7 Å². The third kappa shape index (κ3) is 5.01. The highest BCUT2D eigenvalue weighted by Gasteiger charge is 2.24. The number of benzene rings is 2. The molecule has 32 heavy (non-hydrogen) atoms. The molecule has 0 fully saturated rings. The molecule has 1 N–H and O–H groups in total. The molecule has 8 nitrogen and oxygen atoms in total. The summed E-state index contributed by atoms with van der Waals surface area (Å²) in [5.41, 5.74) is 2.25. The highest BCUT2D eigenvalue weighted by atomic mass is 16.5. The van der Waals surface area contributed by atoms with E-state index in [1.54, 1.807) is 44.4 Å². The van der Waals surface area contributed by atoms with Crippen molar-refractivity contribution >= 4 is 17.0 Å². The van der Waals surface area contributed by atoms with Crippen molar-refractivity contribution in [2.24, 2.45) is 0 Å². The van der Waals surface area contributed by atoms with Crippen molar-refractivity contribution in [3.63, 3.8) is 0 Å². The van der Waals surface area contributed by atoms with Gasteiger partial charge >= 0.3 is 5.97 Å². The second-order valence-electron chi connectivity index (χ2n) is 8.49. The number of aromatic hydroxyl groups is 1. The second-order valence-corrected chi connectivity index (χ2v) is 8.49. The topological polar surface area (TPSA) is 95.7 Å². The van der Waals surface area contributed by atoms with Gasteiger partial charge in [0.2, 0.25) is 0 Å². The molecule has 0 atom stereocenters. The van der Waals surface area contributed by atoms with Gasteiger partial charge in [0.05, 0.1) is 19.3 Å². The lowest BCUT2D eigenvalue weighted by atomic mass is 9.86. The molecule has 0 amide bonds. The van der Waals surface area contributed by atoms with Gasteiger partial charge in [-0.05, 0) is 37.0 Å². The van der Waals surface area contributed by atoms with Crippen molar-refractivity contribution in [3.05, 3.63) is 47.7 Å². The first-order valence-corrected chi connectivity index (χ1v) is 10.4. The number of phenolic OH excluding ortho intramolecular Hbond substituents is 1. The highest BCUT2D eigenvalue weighted by molar-refractivity contribution is 5.87. The third-order valence-electron chi connectivity index (χ3n) is 4.81. The van der Waals surface area contributed by atoms with Gasteiger partial charge in [-0.15, -0.1) is 15.0 Å². The average Bonchev–Trinajstić information content (AvgIpc) is 3.18. The number of hydrogen-bond donors (Lipinski definition) is 1. The lowest BCUT2D eigenvalue weighted by Gasteiger charge is -2.22. The molecule has 0 unspecified atom stereocenters. The Morgan fingerprint density at radius 3 is 2.50 bits per heavy atom. The van der Waals surface area contributed by atoms with Crippen LogP contribution in [0.25, 0.3) is 16.7 Å². The predicted octanol–water partition coefficient (Wildman–Crippen LogP) is 4.67. The molecular formula is C24H29N3O5.